The average Bonchev–Trinajstić information content (AvgIpc) is 3.73. The molecule has 3 rings (SSSR count). The molecule has 1 fully saturated rings. The number of unbranched alkanes of at least 4 members (excludes halogenated alkanes) is 6. The van der Waals surface area contributed by atoms with Gasteiger partial charge in [-0.3, -0.25) is 32.5 Å². The molecule has 2 amide bonds. The highest BCUT2D eigenvalue weighted by Crippen LogP contribution is 2.61. The van der Waals surface area contributed by atoms with E-state index in [1.54, 1.807) is 0 Å². The Hall–Kier alpha value is -2.70. The molecular weight excluding hydrogens is 891 g/mol. The Morgan fingerprint density at radius 1 is 1.00 bits per heavy atom. The number of rotatable bonds is 28. The molecule has 1 aliphatic heterocycles. The van der Waals surface area contributed by atoms with Crippen LogP contribution in [0.2, 0.25) is 0 Å². The third kappa shape index (κ3) is 18.1. The number of allylic oxidation sites excluding steroid dienone is 2. The molecule has 346 valence electrons. The molecule has 0 radical (unpaired) electrons. The number of phosphoric acid groups is 3. The minimum atomic E-state index is -5.57. The van der Waals surface area contributed by atoms with Gasteiger partial charge in [-0.15, -0.1) is 0 Å². The molecule has 7 atom stereocenters. The summed E-state index contributed by atoms with van der Waals surface area (Å²) in [6.07, 6.45) is 5.42. The molecule has 2 aromatic heterocycles. The molecule has 0 saturated carbocycles. The highest BCUT2D eigenvalue weighted by atomic mass is 32.2. The fourth-order valence-electron chi connectivity index (χ4n) is 5.69. The molecule has 1 saturated heterocycles. The molecule has 28 heteroatoms. The lowest BCUT2D eigenvalue weighted by molar-refractivity contribution is -0.137. The van der Waals surface area contributed by atoms with Gasteiger partial charge in [-0.1, -0.05) is 76.8 Å². The zero-order valence-electron chi connectivity index (χ0n) is 33.9. The number of nitrogens with zero attached hydrogens (tertiary/aromatic N) is 4. The van der Waals surface area contributed by atoms with Gasteiger partial charge in [0.25, 0.3) is 0 Å². The predicted molar refractivity (Wildman–Crippen MR) is 219 cm³/mol. The highest BCUT2D eigenvalue weighted by Gasteiger charge is 2.50. The van der Waals surface area contributed by atoms with Crippen molar-refractivity contribution < 1.29 is 80.5 Å². The van der Waals surface area contributed by atoms with Gasteiger partial charge in [0, 0.05) is 37.1 Å². The van der Waals surface area contributed by atoms with Gasteiger partial charge < -0.3 is 50.9 Å². The predicted octanol–water partition coefficient (Wildman–Crippen LogP) is 2.36. The third-order valence-electron chi connectivity index (χ3n) is 8.94. The minimum absolute atomic E-state index is 0.0228. The maximum atomic E-state index is 12.7. The third-order valence-corrected chi connectivity index (χ3v) is 12.9. The van der Waals surface area contributed by atoms with Crippen LogP contribution in [0.15, 0.2) is 24.8 Å². The van der Waals surface area contributed by atoms with Crippen molar-refractivity contribution in [2.45, 2.75) is 109 Å². The number of aromatic nitrogens is 4. The van der Waals surface area contributed by atoms with E-state index in [1.165, 1.54) is 46.0 Å². The number of aliphatic hydroxyl groups excluding tert-OH is 2. The van der Waals surface area contributed by atoms with Crippen molar-refractivity contribution in [2.75, 3.05) is 37.8 Å². The van der Waals surface area contributed by atoms with Crippen LogP contribution in [0.4, 0.5) is 5.82 Å². The van der Waals surface area contributed by atoms with Crippen molar-refractivity contribution in [3.63, 3.8) is 0 Å². The van der Waals surface area contributed by atoms with Gasteiger partial charge in [0.05, 0.1) is 19.5 Å². The number of carbonyl (C=O) groups is 3. The van der Waals surface area contributed by atoms with E-state index in [2.05, 4.69) is 41.3 Å². The summed E-state index contributed by atoms with van der Waals surface area (Å²) in [6.45, 7) is 2.70. The summed E-state index contributed by atoms with van der Waals surface area (Å²) in [6, 6.07) is 0. The summed E-state index contributed by atoms with van der Waals surface area (Å²) in [4.78, 5) is 87.9. The van der Waals surface area contributed by atoms with Gasteiger partial charge in [-0.2, -0.15) is 4.31 Å². The number of fused-ring (bicyclic) bond motifs is 1. The lowest BCUT2D eigenvalue weighted by atomic mass is 9.87. The fraction of sp³-hybridized carbons (Fsp3) is 0.697. The summed E-state index contributed by atoms with van der Waals surface area (Å²) >= 11 is 1.10. The van der Waals surface area contributed by atoms with E-state index in [4.69, 9.17) is 19.5 Å². The molecule has 10 N–H and O–H groups in total. The van der Waals surface area contributed by atoms with Crippen molar-refractivity contribution in [3.05, 3.63) is 24.8 Å². The SMILES string of the molecule is CCCCCCCC/C=C/CC(=O)SCCNC(=O)CCNC(=O)C(O)C(C)(C)COP(=O)(O)OP(=O)(O)OCC1OC(n2cnc3c(N)ncnc32)C(O)C1OP(=O)(O)O. The van der Waals surface area contributed by atoms with Crippen LogP contribution in [-0.4, -0.2) is 123 Å². The first-order valence-corrected chi connectivity index (χ1v) is 24.8. The number of hydrogen-bond donors (Lipinski definition) is 9. The summed E-state index contributed by atoms with van der Waals surface area (Å²) < 4.78 is 62.3. The topological polar surface area (TPSA) is 364 Å². The second-order valence-electron chi connectivity index (χ2n) is 14.5. The van der Waals surface area contributed by atoms with Crippen molar-refractivity contribution in [3.8, 4) is 0 Å². The lowest BCUT2D eigenvalue weighted by Gasteiger charge is -2.30. The Bertz CT molecular complexity index is 1940. The number of thioether (sulfide) groups is 1. The first kappa shape index (κ1) is 52.6. The Balaban J connectivity index is 1.40. The summed E-state index contributed by atoms with van der Waals surface area (Å²) in [5, 5.41) is 26.5. The molecule has 0 spiro atoms. The monoisotopic (exact) mass is 947 g/mol. The van der Waals surface area contributed by atoms with Crippen molar-refractivity contribution in [2.24, 2.45) is 5.41 Å². The van der Waals surface area contributed by atoms with Crippen molar-refractivity contribution in [1.29, 1.82) is 0 Å². The van der Waals surface area contributed by atoms with Crippen LogP contribution < -0.4 is 16.4 Å². The highest BCUT2D eigenvalue weighted by molar-refractivity contribution is 8.13. The van der Waals surface area contributed by atoms with Gasteiger partial charge in [-0.25, -0.2) is 28.6 Å². The molecule has 3 heterocycles. The number of nitrogen functional groups attached to an aromatic ring is 1. The Morgan fingerprint density at radius 2 is 1.69 bits per heavy atom. The smallest absolute Gasteiger partial charge is 0.386 e. The van der Waals surface area contributed by atoms with E-state index in [-0.39, 0.29) is 41.6 Å². The summed E-state index contributed by atoms with van der Waals surface area (Å²) in [5.41, 5.74) is 4.27. The van der Waals surface area contributed by atoms with Gasteiger partial charge >= 0.3 is 23.5 Å². The maximum absolute atomic E-state index is 12.7. The van der Waals surface area contributed by atoms with Crippen LogP contribution >= 0.6 is 35.2 Å². The number of hydrogen-bond acceptors (Lipinski definition) is 18. The molecule has 2 aromatic rings. The standard InChI is InChI=1S/C33H56N7O17P3S/c1-4-5-6-7-8-9-10-11-12-13-24(42)61-17-16-35-23(41)14-15-36-31(45)28(44)33(2,3)19-54-60(51,52)57-59(49,50)53-18-22-27(56-58(46,47)48)26(43)32(55-22)40-21-39-25-29(34)37-20-38-30(25)40/h11-12,20-22,26-28,32,43-44H,4-10,13-19H2,1-3H3,(H,35,41)(H,36,45)(H,49,50)(H,51,52)(H2,34,37,38)(H2,46,47,48)/b12-11+. The second kappa shape index (κ2) is 24.4. The number of phosphoric ester groups is 3. The molecular formula is C33H56N7O17P3S. The van der Waals surface area contributed by atoms with E-state index in [0.29, 0.717) is 12.2 Å². The van der Waals surface area contributed by atoms with Gasteiger partial charge in [-0.05, 0) is 12.8 Å². The Morgan fingerprint density at radius 3 is 2.39 bits per heavy atom. The van der Waals surface area contributed by atoms with Gasteiger partial charge in [0.1, 0.15) is 36.3 Å². The van der Waals surface area contributed by atoms with Crippen LogP contribution in [0.25, 0.3) is 11.2 Å². The normalized spacial score (nSPS) is 21.0. The number of imidazole rings is 1. The molecule has 1 aliphatic rings. The first-order valence-electron chi connectivity index (χ1n) is 19.3. The zero-order valence-corrected chi connectivity index (χ0v) is 37.4. The molecule has 61 heavy (non-hydrogen) atoms. The van der Waals surface area contributed by atoms with E-state index < -0.39 is 84.6 Å². The number of nitrogens with two attached hydrogens (primary N) is 1. The molecule has 0 aromatic carbocycles. The molecule has 24 nitrogen and oxygen atoms in total. The Labute approximate surface area is 356 Å². The quantitative estimate of drug-likeness (QED) is 0.0336. The largest absolute Gasteiger partial charge is 0.481 e. The molecule has 0 aliphatic carbocycles. The first-order chi connectivity index (χ1) is 28.6. The van der Waals surface area contributed by atoms with Crippen LogP contribution in [0.1, 0.15) is 84.8 Å². The lowest BCUT2D eigenvalue weighted by Crippen LogP contribution is -2.46. The molecule has 0 bridgehead atoms. The Kier molecular flexibility index (Phi) is 21.0. The minimum Gasteiger partial charge on any atom is -0.386 e. The van der Waals surface area contributed by atoms with Crippen molar-refractivity contribution >= 4 is 69.1 Å². The second-order valence-corrected chi connectivity index (χ2v) is 19.9. The van der Waals surface area contributed by atoms with Crippen molar-refractivity contribution in [1.82, 2.24) is 30.2 Å². The average molecular weight is 948 g/mol. The number of nitrogens with one attached hydrogen (secondary N) is 2. The zero-order chi connectivity index (χ0) is 45.4. The number of carbonyl (C=O) groups excluding carboxylic acids is 3. The van der Waals surface area contributed by atoms with Crippen LogP contribution in [0.3, 0.4) is 0 Å². The summed E-state index contributed by atoms with van der Waals surface area (Å²) in [5.74, 6) is -1.08. The van der Waals surface area contributed by atoms with Gasteiger partial charge in [0.15, 0.2) is 22.8 Å². The van der Waals surface area contributed by atoms with E-state index in [1.807, 2.05) is 12.2 Å². The van der Waals surface area contributed by atoms with E-state index >= 15 is 0 Å². The van der Waals surface area contributed by atoms with Gasteiger partial charge in [0.2, 0.25) is 11.8 Å². The molecule has 7 unspecified atom stereocenters. The van der Waals surface area contributed by atoms with E-state index in [0.717, 1.165) is 41.8 Å². The number of ether oxygens (including phenoxy) is 1. The number of aliphatic hydroxyl groups is 2. The van der Waals surface area contributed by atoms with Crippen LogP contribution in [0.5, 0.6) is 0 Å². The number of amides is 2. The summed E-state index contributed by atoms with van der Waals surface area (Å²) in [7, 11) is -16.4. The number of anilines is 1. The fourth-order valence-corrected chi connectivity index (χ4v) is 9.17. The maximum Gasteiger partial charge on any atom is 0.481 e. The van der Waals surface area contributed by atoms with E-state index in [9.17, 15) is 57.9 Å². The van der Waals surface area contributed by atoms with Crippen LogP contribution in [-0.2, 0) is 50.7 Å². The van der Waals surface area contributed by atoms with Crippen LogP contribution in [0, 0.1) is 5.41 Å².